The molecule has 1 aliphatic rings. The van der Waals surface area contributed by atoms with E-state index in [0.717, 1.165) is 49.3 Å². The number of aryl methyl sites for hydroxylation is 1. The minimum absolute atomic E-state index is 0.359. The van der Waals surface area contributed by atoms with Crippen LogP contribution in [0, 0.1) is 17.3 Å². The Morgan fingerprint density at radius 3 is 2.58 bits per heavy atom. The zero-order valence-electron chi connectivity index (χ0n) is 16.0. The molecule has 0 bridgehead atoms. The van der Waals surface area contributed by atoms with Gasteiger partial charge in [0.05, 0.1) is 23.0 Å². The Kier molecular flexibility index (Phi) is 5.55. The minimum atomic E-state index is 0.359. The molecule has 2 aromatic heterocycles. The number of halogens is 1. The van der Waals surface area contributed by atoms with Crippen molar-refractivity contribution < 1.29 is 0 Å². The van der Waals surface area contributed by atoms with Gasteiger partial charge in [0, 0.05) is 45.1 Å². The first-order valence-corrected chi connectivity index (χ1v) is 9.28. The SMILES string of the molecule is CN(C)CC1(C)CCN(c2cc(Cl)ncc2C#Cc2cnn(C)c2)CC1. The molecule has 0 atom stereocenters. The summed E-state index contributed by atoms with van der Waals surface area (Å²) in [5, 5.41) is 4.67. The third kappa shape index (κ3) is 4.57. The normalized spacial score (nSPS) is 16.5. The third-order valence-corrected chi connectivity index (χ3v) is 5.11. The number of aromatic nitrogens is 3. The van der Waals surface area contributed by atoms with E-state index in [9.17, 15) is 0 Å². The van der Waals surface area contributed by atoms with E-state index in [1.54, 1.807) is 17.1 Å². The van der Waals surface area contributed by atoms with Gasteiger partial charge in [-0.25, -0.2) is 4.98 Å². The Morgan fingerprint density at radius 1 is 1.23 bits per heavy atom. The predicted molar refractivity (Wildman–Crippen MR) is 107 cm³/mol. The Morgan fingerprint density at radius 2 is 1.96 bits per heavy atom. The van der Waals surface area contributed by atoms with Crippen molar-refractivity contribution >= 4 is 17.3 Å². The summed E-state index contributed by atoms with van der Waals surface area (Å²) in [6, 6.07) is 1.93. The van der Waals surface area contributed by atoms with Crippen LogP contribution in [-0.4, -0.2) is 53.4 Å². The molecule has 26 heavy (non-hydrogen) atoms. The van der Waals surface area contributed by atoms with Crippen LogP contribution in [0.15, 0.2) is 24.7 Å². The topological polar surface area (TPSA) is 37.2 Å². The number of rotatable bonds is 3. The molecule has 3 rings (SSSR count). The highest BCUT2D eigenvalue weighted by molar-refractivity contribution is 6.29. The quantitative estimate of drug-likeness (QED) is 0.614. The van der Waals surface area contributed by atoms with Gasteiger partial charge in [0.15, 0.2) is 0 Å². The highest BCUT2D eigenvalue weighted by Gasteiger charge is 2.31. The van der Waals surface area contributed by atoms with Gasteiger partial charge in [-0.05, 0) is 32.4 Å². The Labute approximate surface area is 161 Å². The predicted octanol–water partition coefficient (Wildman–Crippen LogP) is 3.04. The zero-order valence-corrected chi connectivity index (χ0v) is 16.7. The van der Waals surface area contributed by atoms with Gasteiger partial charge in [-0.1, -0.05) is 30.4 Å². The second-order valence-electron chi connectivity index (χ2n) is 7.71. The van der Waals surface area contributed by atoms with E-state index >= 15 is 0 Å². The second-order valence-corrected chi connectivity index (χ2v) is 8.10. The van der Waals surface area contributed by atoms with E-state index < -0.39 is 0 Å². The molecule has 3 heterocycles. The summed E-state index contributed by atoms with van der Waals surface area (Å²) in [6.07, 6.45) is 7.75. The van der Waals surface area contributed by atoms with Crippen LogP contribution in [0.4, 0.5) is 5.69 Å². The van der Waals surface area contributed by atoms with Gasteiger partial charge < -0.3 is 9.80 Å². The van der Waals surface area contributed by atoms with Crippen LogP contribution in [0.25, 0.3) is 0 Å². The monoisotopic (exact) mass is 371 g/mol. The molecular weight excluding hydrogens is 346 g/mol. The van der Waals surface area contributed by atoms with Gasteiger partial charge in [-0.15, -0.1) is 0 Å². The lowest BCUT2D eigenvalue weighted by Gasteiger charge is -2.42. The molecule has 5 nitrogen and oxygen atoms in total. The summed E-state index contributed by atoms with van der Waals surface area (Å²) in [5.41, 5.74) is 3.24. The number of hydrogen-bond acceptors (Lipinski definition) is 4. The number of pyridine rings is 1. The number of nitrogens with zero attached hydrogens (tertiary/aromatic N) is 5. The maximum atomic E-state index is 6.18. The van der Waals surface area contributed by atoms with Gasteiger partial charge in [0.25, 0.3) is 0 Å². The summed E-state index contributed by atoms with van der Waals surface area (Å²) in [4.78, 5) is 8.90. The summed E-state index contributed by atoms with van der Waals surface area (Å²) in [7, 11) is 6.18. The number of anilines is 1. The summed E-state index contributed by atoms with van der Waals surface area (Å²) >= 11 is 6.18. The lowest BCUT2D eigenvalue weighted by atomic mass is 9.80. The maximum absolute atomic E-state index is 6.18. The van der Waals surface area contributed by atoms with E-state index in [0.29, 0.717) is 10.6 Å². The molecule has 138 valence electrons. The van der Waals surface area contributed by atoms with Crippen LogP contribution in [0.1, 0.15) is 30.9 Å². The van der Waals surface area contributed by atoms with E-state index in [1.807, 2.05) is 19.3 Å². The van der Waals surface area contributed by atoms with Crippen LogP contribution in [0.2, 0.25) is 5.15 Å². The van der Waals surface area contributed by atoms with Gasteiger partial charge in [0.2, 0.25) is 0 Å². The number of hydrogen-bond donors (Lipinski definition) is 0. The van der Waals surface area contributed by atoms with Gasteiger partial charge in [-0.2, -0.15) is 5.10 Å². The summed E-state index contributed by atoms with van der Waals surface area (Å²) in [5.74, 6) is 6.42. The van der Waals surface area contributed by atoms with Crippen molar-refractivity contribution in [1.29, 1.82) is 0 Å². The van der Waals surface area contributed by atoms with E-state index in [-0.39, 0.29) is 0 Å². The van der Waals surface area contributed by atoms with Crippen LogP contribution < -0.4 is 4.90 Å². The Bertz CT molecular complexity index is 822. The lowest BCUT2D eigenvalue weighted by Crippen LogP contribution is -2.43. The fourth-order valence-corrected chi connectivity index (χ4v) is 3.76. The lowest BCUT2D eigenvalue weighted by molar-refractivity contribution is 0.175. The maximum Gasteiger partial charge on any atom is 0.131 e. The van der Waals surface area contributed by atoms with E-state index in [2.05, 4.69) is 52.7 Å². The Hall–Kier alpha value is -2.03. The first-order valence-electron chi connectivity index (χ1n) is 8.91. The number of piperidine rings is 1. The van der Waals surface area contributed by atoms with Crippen molar-refractivity contribution in [2.45, 2.75) is 19.8 Å². The molecule has 1 saturated heterocycles. The molecule has 0 amide bonds. The molecule has 6 heteroatoms. The molecule has 0 N–H and O–H groups in total. The molecule has 0 spiro atoms. The third-order valence-electron chi connectivity index (χ3n) is 4.90. The molecule has 0 saturated carbocycles. The molecule has 1 aliphatic heterocycles. The van der Waals surface area contributed by atoms with Crippen molar-refractivity contribution in [2.24, 2.45) is 12.5 Å². The molecular formula is C20H26ClN5. The zero-order chi connectivity index (χ0) is 18.7. The fourth-order valence-electron chi connectivity index (χ4n) is 3.61. The smallest absolute Gasteiger partial charge is 0.131 e. The average molecular weight is 372 g/mol. The molecule has 0 radical (unpaired) electrons. The van der Waals surface area contributed by atoms with Gasteiger partial charge >= 0.3 is 0 Å². The first kappa shape index (κ1) is 18.8. The van der Waals surface area contributed by atoms with Crippen molar-refractivity contribution in [3.05, 3.63) is 40.9 Å². The van der Waals surface area contributed by atoms with Crippen LogP contribution in [-0.2, 0) is 7.05 Å². The Balaban J connectivity index is 1.80. The van der Waals surface area contributed by atoms with Crippen LogP contribution in [0.3, 0.4) is 0 Å². The summed E-state index contributed by atoms with van der Waals surface area (Å²) in [6.45, 7) is 5.51. The highest BCUT2D eigenvalue weighted by atomic mass is 35.5. The van der Waals surface area contributed by atoms with Gasteiger partial charge in [0.1, 0.15) is 5.15 Å². The van der Waals surface area contributed by atoms with Crippen molar-refractivity contribution in [1.82, 2.24) is 19.7 Å². The van der Waals surface area contributed by atoms with Crippen molar-refractivity contribution in [2.75, 3.05) is 38.6 Å². The molecule has 2 aromatic rings. The fraction of sp³-hybridized carbons (Fsp3) is 0.500. The standard InChI is InChI=1S/C20H26ClN5/c1-20(15-24(2)3)7-9-26(10-8-20)18-11-19(21)22-13-17(18)6-5-16-12-23-25(4)14-16/h11-14H,7-10,15H2,1-4H3. The second kappa shape index (κ2) is 7.69. The molecule has 1 fully saturated rings. The molecule has 0 unspecified atom stereocenters. The van der Waals surface area contributed by atoms with Crippen molar-refractivity contribution in [3.63, 3.8) is 0 Å². The average Bonchev–Trinajstić information content (AvgIpc) is 2.99. The van der Waals surface area contributed by atoms with Gasteiger partial charge in [-0.3, -0.25) is 4.68 Å². The van der Waals surface area contributed by atoms with Crippen LogP contribution in [0.5, 0.6) is 0 Å². The highest BCUT2D eigenvalue weighted by Crippen LogP contribution is 2.34. The van der Waals surface area contributed by atoms with E-state index in [1.165, 1.54) is 0 Å². The van der Waals surface area contributed by atoms with E-state index in [4.69, 9.17) is 11.6 Å². The van der Waals surface area contributed by atoms with Crippen LogP contribution >= 0.6 is 11.6 Å². The summed E-state index contributed by atoms with van der Waals surface area (Å²) < 4.78 is 1.75. The molecule has 0 aromatic carbocycles. The largest absolute Gasteiger partial charge is 0.370 e. The minimum Gasteiger partial charge on any atom is -0.370 e. The molecule has 0 aliphatic carbocycles. The van der Waals surface area contributed by atoms with Crippen molar-refractivity contribution in [3.8, 4) is 11.8 Å². The first-order chi connectivity index (χ1) is 12.3.